The molecule has 0 unspecified atom stereocenters. The standard InChI is InChI=1S/C22H32N4O2S/c1-14(2)26-21(17-9-11-18(28-5)12-10-17)24-25-22(26)29-13-20(27)23-19-8-6-7-15(3)16(19)4/h9-12,14-16,19H,6-8,13H2,1-5H3,(H,23,27)/t15-,16-,19+/m0/s1. The second-order valence-electron chi connectivity index (χ2n) is 8.23. The van der Waals surface area contributed by atoms with Gasteiger partial charge in [-0.25, -0.2) is 0 Å². The SMILES string of the molecule is COc1ccc(-c2nnc(SCC(=O)N[C@@H]3CCC[C@H](C)[C@@H]3C)n2C(C)C)cc1. The van der Waals surface area contributed by atoms with Crippen LogP contribution in [0.4, 0.5) is 0 Å². The Morgan fingerprint density at radius 1 is 1.24 bits per heavy atom. The Balaban J connectivity index is 1.67. The number of nitrogens with one attached hydrogen (secondary N) is 1. The number of carbonyl (C=O) groups excluding carboxylic acids is 1. The summed E-state index contributed by atoms with van der Waals surface area (Å²) in [5.41, 5.74) is 0.980. The summed E-state index contributed by atoms with van der Waals surface area (Å²) in [5.74, 6) is 3.23. The number of benzene rings is 1. The van der Waals surface area contributed by atoms with Crippen LogP contribution < -0.4 is 10.1 Å². The van der Waals surface area contributed by atoms with Gasteiger partial charge in [-0.1, -0.05) is 38.5 Å². The van der Waals surface area contributed by atoms with Crippen LogP contribution in [0.1, 0.15) is 53.0 Å². The Bertz CT molecular complexity index is 819. The number of rotatable bonds is 7. The maximum Gasteiger partial charge on any atom is 0.230 e. The van der Waals surface area contributed by atoms with E-state index in [2.05, 4.69) is 47.8 Å². The van der Waals surface area contributed by atoms with E-state index >= 15 is 0 Å². The van der Waals surface area contributed by atoms with Crippen molar-refractivity contribution in [2.45, 2.75) is 64.2 Å². The predicted molar refractivity (Wildman–Crippen MR) is 117 cm³/mol. The van der Waals surface area contributed by atoms with E-state index in [1.807, 2.05) is 24.3 Å². The van der Waals surface area contributed by atoms with E-state index in [-0.39, 0.29) is 18.0 Å². The Morgan fingerprint density at radius 2 is 1.97 bits per heavy atom. The van der Waals surface area contributed by atoms with Crippen molar-refractivity contribution in [1.29, 1.82) is 0 Å². The molecule has 1 aromatic carbocycles. The van der Waals surface area contributed by atoms with E-state index in [0.29, 0.717) is 17.6 Å². The van der Waals surface area contributed by atoms with Crippen LogP contribution >= 0.6 is 11.8 Å². The minimum absolute atomic E-state index is 0.0743. The van der Waals surface area contributed by atoms with Crippen LogP contribution in [0.2, 0.25) is 0 Å². The van der Waals surface area contributed by atoms with Crippen LogP contribution in [0, 0.1) is 11.8 Å². The third-order valence-corrected chi connectivity index (χ3v) is 6.86. The highest BCUT2D eigenvalue weighted by Gasteiger charge is 2.28. The van der Waals surface area contributed by atoms with Gasteiger partial charge in [0.1, 0.15) is 5.75 Å². The predicted octanol–water partition coefficient (Wildman–Crippen LogP) is 4.57. The number of aromatic nitrogens is 3. The molecular formula is C22H32N4O2S. The normalized spacial score (nSPS) is 21.9. The summed E-state index contributed by atoms with van der Waals surface area (Å²) >= 11 is 1.45. The fourth-order valence-corrected chi connectivity index (χ4v) is 4.82. The Labute approximate surface area is 177 Å². The summed E-state index contributed by atoms with van der Waals surface area (Å²) in [7, 11) is 1.65. The first kappa shape index (κ1) is 21.7. The van der Waals surface area contributed by atoms with E-state index in [4.69, 9.17) is 4.74 Å². The van der Waals surface area contributed by atoms with Gasteiger partial charge in [0.15, 0.2) is 11.0 Å². The average Bonchev–Trinajstić information content (AvgIpc) is 3.14. The third kappa shape index (κ3) is 5.13. The average molecular weight is 417 g/mol. The minimum atomic E-state index is 0.0743. The lowest BCUT2D eigenvalue weighted by Gasteiger charge is -2.34. The minimum Gasteiger partial charge on any atom is -0.497 e. The zero-order valence-corrected chi connectivity index (χ0v) is 18.8. The lowest BCUT2D eigenvalue weighted by molar-refractivity contribution is -0.120. The molecule has 158 valence electrons. The van der Waals surface area contributed by atoms with Crippen molar-refractivity contribution in [3.8, 4) is 17.1 Å². The molecule has 3 rings (SSSR count). The fraction of sp³-hybridized carbons (Fsp3) is 0.591. The molecule has 0 spiro atoms. The van der Waals surface area contributed by atoms with E-state index in [1.54, 1.807) is 7.11 Å². The molecule has 0 aliphatic heterocycles. The van der Waals surface area contributed by atoms with Crippen LogP contribution in [0.3, 0.4) is 0 Å². The highest BCUT2D eigenvalue weighted by Crippen LogP contribution is 2.31. The van der Waals surface area contributed by atoms with Crippen molar-refractivity contribution < 1.29 is 9.53 Å². The molecule has 29 heavy (non-hydrogen) atoms. The van der Waals surface area contributed by atoms with Gasteiger partial charge in [0.25, 0.3) is 0 Å². The first-order valence-electron chi connectivity index (χ1n) is 10.4. The molecule has 0 saturated heterocycles. The summed E-state index contributed by atoms with van der Waals surface area (Å²) in [6, 6.07) is 8.27. The van der Waals surface area contributed by atoms with Crippen molar-refractivity contribution in [2.75, 3.05) is 12.9 Å². The van der Waals surface area contributed by atoms with Gasteiger partial charge in [-0.2, -0.15) is 0 Å². The van der Waals surface area contributed by atoms with Crippen LogP contribution in [-0.2, 0) is 4.79 Å². The molecule has 6 nitrogen and oxygen atoms in total. The number of methoxy groups -OCH3 is 1. The Hall–Kier alpha value is -2.02. The first-order valence-corrected chi connectivity index (χ1v) is 11.4. The molecule has 1 N–H and O–H groups in total. The van der Waals surface area contributed by atoms with Gasteiger partial charge in [0, 0.05) is 17.6 Å². The Morgan fingerprint density at radius 3 is 2.62 bits per heavy atom. The van der Waals surface area contributed by atoms with E-state index in [9.17, 15) is 4.79 Å². The van der Waals surface area contributed by atoms with Gasteiger partial charge >= 0.3 is 0 Å². The van der Waals surface area contributed by atoms with Crippen LogP contribution in [-0.4, -0.2) is 39.6 Å². The van der Waals surface area contributed by atoms with Gasteiger partial charge in [0.2, 0.25) is 5.91 Å². The second kappa shape index (κ2) is 9.65. The monoisotopic (exact) mass is 416 g/mol. The molecule has 1 saturated carbocycles. The summed E-state index contributed by atoms with van der Waals surface area (Å²) in [5, 5.41) is 12.8. The highest BCUT2D eigenvalue weighted by atomic mass is 32.2. The van der Waals surface area contributed by atoms with Crippen molar-refractivity contribution in [1.82, 2.24) is 20.1 Å². The van der Waals surface area contributed by atoms with Gasteiger partial charge in [-0.05, 0) is 56.4 Å². The molecule has 1 amide bonds. The molecule has 2 aromatic rings. The topological polar surface area (TPSA) is 69.0 Å². The number of carbonyl (C=O) groups is 1. The largest absolute Gasteiger partial charge is 0.497 e. The van der Waals surface area contributed by atoms with Gasteiger partial charge < -0.3 is 10.1 Å². The molecule has 1 aromatic heterocycles. The van der Waals surface area contributed by atoms with Crippen LogP contribution in [0.15, 0.2) is 29.4 Å². The molecule has 1 fully saturated rings. The van der Waals surface area contributed by atoms with Gasteiger partial charge in [-0.15, -0.1) is 10.2 Å². The Kier molecular flexibility index (Phi) is 7.22. The zero-order chi connectivity index (χ0) is 21.0. The summed E-state index contributed by atoms with van der Waals surface area (Å²) in [6.45, 7) is 8.74. The smallest absolute Gasteiger partial charge is 0.230 e. The molecule has 1 aliphatic carbocycles. The number of hydrogen-bond donors (Lipinski definition) is 1. The molecule has 3 atom stereocenters. The van der Waals surface area contributed by atoms with Crippen LogP contribution in [0.25, 0.3) is 11.4 Å². The van der Waals surface area contributed by atoms with Crippen molar-refractivity contribution in [2.24, 2.45) is 11.8 Å². The summed E-state index contributed by atoms with van der Waals surface area (Å²) < 4.78 is 7.33. The number of ether oxygens (including phenoxy) is 1. The fourth-order valence-electron chi connectivity index (χ4n) is 3.94. The van der Waals surface area contributed by atoms with Gasteiger partial charge in [0.05, 0.1) is 12.9 Å². The maximum absolute atomic E-state index is 12.6. The zero-order valence-electron chi connectivity index (χ0n) is 18.0. The molecular weight excluding hydrogens is 384 g/mol. The van der Waals surface area contributed by atoms with Crippen molar-refractivity contribution in [3.63, 3.8) is 0 Å². The lowest BCUT2D eigenvalue weighted by Crippen LogP contribution is -2.44. The molecule has 1 aliphatic rings. The van der Waals surface area contributed by atoms with Crippen molar-refractivity contribution in [3.05, 3.63) is 24.3 Å². The van der Waals surface area contributed by atoms with Gasteiger partial charge in [-0.3, -0.25) is 9.36 Å². The van der Waals surface area contributed by atoms with E-state index < -0.39 is 0 Å². The van der Waals surface area contributed by atoms with E-state index in [1.165, 1.54) is 24.6 Å². The molecule has 1 heterocycles. The molecule has 7 heteroatoms. The quantitative estimate of drug-likeness (QED) is 0.670. The molecule has 0 radical (unpaired) electrons. The third-order valence-electron chi connectivity index (χ3n) is 5.91. The molecule has 0 bridgehead atoms. The van der Waals surface area contributed by atoms with Crippen LogP contribution in [0.5, 0.6) is 5.75 Å². The summed E-state index contributed by atoms with van der Waals surface area (Å²) in [6.07, 6.45) is 3.52. The van der Waals surface area contributed by atoms with Crippen molar-refractivity contribution >= 4 is 17.7 Å². The van der Waals surface area contributed by atoms with E-state index in [0.717, 1.165) is 28.7 Å². The highest BCUT2D eigenvalue weighted by molar-refractivity contribution is 7.99. The number of nitrogens with zero attached hydrogens (tertiary/aromatic N) is 3. The maximum atomic E-state index is 12.6. The number of amides is 1. The second-order valence-corrected chi connectivity index (χ2v) is 9.17. The summed E-state index contributed by atoms with van der Waals surface area (Å²) in [4.78, 5) is 12.6. The number of thioether (sulfide) groups is 1. The first-order chi connectivity index (χ1) is 13.9. The lowest BCUT2D eigenvalue weighted by atomic mass is 9.78. The number of hydrogen-bond acceptors (Lipinski definition) is 5.